The highest BCUT2D eigenvalue weighted by Gasteiger charge is 2.29. The second-order valence-corrected chi connectivity index (χ2v) is 7.47. The molecule has 2 rings (SSSR count). The van der Waals surface area contributed by atoms with Crippen molar-refractivity contribution >= 4 is 15.9 Å². The molecular formula is C14H22N4O3S. The van der Waals surface area contributed by atoms with Crippen LogP contribution in [-0.4, -0.2) is 55.8 Å². The summed E-state index contributed by atoms with van der Waals surface area (Å²) in [6, 6.07) is 6.32. The van der Waals surface area contributed by atoms with Crippen LogP contribution in [0.25, 0.3) is 0 Å². The summed E-state index contributed by atoms with van der Waals surface area (Å²) < 4.78 is 26.8. The molecule has 0 radical (unpaired) electrons. The number of nitrogens with two attached hydrogens (primary N) is 1. The largest absolute Gasteiger partial charge is 0.298 e. The fraction of sp³-hybridized carbons (Fsp3) is 0.500. The van der Waals surface area contributed by atoms with Gasteiger partial charge < -0.3 is 0 Å². The van der Waals surface area contributed by atoms with Gasteiger partial charge >= 0.3 is 0 Å². The topological polar surface area (TPSA) is 95.7 Å². The average Bonchev–Trinajstić information content (AvgIpc) is 2.54. The molecule has 1 aromatic carbocycles. The van der Waals surface area contributed by atoms with Gasteiger partial charge in [-0.15, -0.1) is 0 Å². The van der Waals surface area contributed by atoms with Crippen molar-refractivity contribution in [3.8, 4) is 0 Å². The van der Waals surface area contributed by atoms with Gasteiger partial charge in [0.25, 0.3) is 5.91 Å². The number of nitrogen functional groups attached to an aromatic ring is 1. The van der Waals surface area contributed by atoms with Crippen molar-refractivity contribution in [2.45, 2.75) is 24.8 Å². The van der Waals surface area contributed by atoms with Gasteiger partial charge in [-0.25, -0.2) is 14.3 Å². The number of nitrogens with zero attached hydrogens (tertiary/aromatic N) is 2. The molecule has 0 spiro atoms. The highest BCUT2D eigenvalue weighted by Crippen LogP contribution is 2.19. The second kappa shape index (κ2) is 6.74. The molecule has 3 N–H and O–H groups in total. The van der Waals surface area contributed by atoms with Crippen molar-refractivity contribution in [1.82, 2.24) is 14.6 Å². The van der Waals surface area contributed by atoms with Gasteiger partial charge in [-0.3, -0.25) is 15.1 Å². The molecule has 1 aliphatic rings. The number of hydrogen-bond donors (Lipinski definition) is 2. The number of hydrogen-bond acceptors (Lipinski definition) is 5. The first-order valence-corrected chi connectivity index (χ1v) is 8.65. The summed E-state index contributed by atoms with van der Waals surface area (Å²) in [7, 11) is -3.59. The Morgan fingerprint density at radius 1 is 1.23 bits per heavy atom. The van der Waals surface area contributed by atoms with Crippen LogP contribution in [0.15, 0.2) is 29.2 Å². The smallest absolute Gasteiger partial charge is 0.265 e. The number of sulfonamides is 1. The van der Waals surface area contributed by atoms with E-state index in [1.807, 2.05) is 5.43 Å². The molecule has 0 bridgehead atoms. The Bertz CT molecular complexity index is 637. The van der Waals surface area contributed by atoms with E-state index in [4.69, 9.17) is 5.84 Å². The van der Waals surface area contributed by atoms with Crippen LogP contribution in [0.1, 0.15) is 24.2 Å². The summed E-state index contributed by atoms with van der Waals surface area (Å²) in [4.78, 5) is 13.9. The van der Waals surface area contributed by atoms with Gasteiger partial charge in [0.15, 0.2) is 0 Å². The van der Waals surface area contributed by atoms with Crippen molar-refractivity contribution in [3.05, 3.63) is 29.8 Å². The second-order valence-electron chi connectivity index (χ2n) is 5.54. The Kier molecular flexibility index (Phi) is 5.17. The van der Waals surface area contributed by atoms with E-state index in [9.17, 15) is 13.2 Å². The Morgan fingerprint density at radius 3 is 2.41 bits per heavy atom. The third kappa shape index (κ3) is 3.46. The molecule has 0 unspecified atom stereocenters. The number of carbonyl (C=O) groups excluding carboxylic acids is 1. The predicted molar refractivity (Wildman–Crippen MR) is 83.6 cm³/mol. The monoisotopic (exact) mass is 326 g/mol. The predicted octanol–water partition coefficient (Wildman–Crippen LogP) is 0.00480. The first-order chi connectivity index (χ1) is 10.4. The van der Waals surface area contributed by atoms with E-state index in [-0.39, 0.29) is 10.5 Å². The molecule has 1 amide bonds. The minimum Gasteiger partial charge on any atom is -0.298 e. The number of carbonyl (C=O) groups is 1. The number of nitrogens with one attached hydrogen (secondary N) is 1. The van der Waals surface area contributed by atoms with Crippen LogP contribution >= 0.6 is 0 Å². The van der Waals surface area contributed by atoms with Gasteiger partial charge in [0, 0.05) is 37.8 Å². The van der Waals surface area contributed by atoms with Crippen LogP contribution in [0, 0.1) is 0 Å². The zero-order chi connectivity index (χ0) is 16.3. The lowest BCUT2D eigenvalue weighted by Crippen LogP contribution is -2.50. The Labute approximate surface area is 131 Å². The minimum atomic E-state index is -3.59. The van der Waals surface area contributed by atoms with Crippen molar-refractivity contribution in [1.29, 1.82) is 0 Å². The van der Waals surface area contributed by atoms with Crippen molar-refractivity contribution in [2.75, 3.05) is 26.2 Å². The highest BCUT2D eigenvalue weighted by atomic mass is 32.2. The zero-order valence-electron chi connectivity index (χ0n) is 12.8. The maximum absolute atomic E-state index is 12.7. The number of hydrazine groups is 1. The summed E-state index contributed by atoms with van der Waals surface area (Å²) in [5.74, 6) is 4.57. The maximum atomic E-state index is 12.7. The molecule has 22 heavy (non-hydrogen) atoms. The normalized spacial score (nSPS) is 17.6. The molecule has 7 nitrogen and oxygen atoms in total. The first kappa shape index (κ1) is 16.9. The van der Waals surface area contributed by atoms with Gasteiger partial charge in [0.1, 0.15) is 0 Å². The quantitative estimate of drug-likeness (QED) is 0.461. The molecule has 8 heteroatoms. The molecule has 0 aliphatic carbocycles. The Morgan fingerprint density at radius 2 is 1.86 bits per heavy atom. The van der Waals surface area contributed by atoms with E-state index in [2.05, 4.69) is 18.7 Å². The molecule has 1 saturated heterocycles. The number of benzene rings is 1. The first-order valence-electron chi connectivity index (χ1n) is 7.21. The van der Waals surface area contributed by atoms with Gasteiger partial charge in [0.05, 0.1) is 4.90 Å². The lowest BCUT2D eigenvalue weighted by atomic mass is 10.2. The standard InChI is InChI=1S/C14H22N4O3S/c1-11(2)17-6-8-18(9-7-17)22(20,21)13-5-3-4-12(10-13)14(19)16-15/h3-5,10-11H,6-9,15H2,1-2H3,(H,16,19). The summed E-state index contributed by atoms with van der Waals surface area (Å²) in [5, 5.41) is 0. The van der Waals surface area contributed by atoms with Crippen LogP contribution in [0.4, 0.5) is 0 Å². The third-order valence-corrected chi connectivity index (χ3v) is 5.76. The molecular weight excluding hydrogens is 304 g/mol. The lowest BCUT2D eigenvalue weighted by Gasteiger charge is -2.36. The van der Waals surface area contributed by atoms with Crippen LogP contribution in [0.2, 0.25) is 0 Å². The van der Waals surface area contributed by atoms with Gasteiger partial charge in [-0.1, -0.05) is 6.07 Å². The fourth-order valence-corrected chi connectivity index (χ4v) is 3.96. The summed E-state index contributed by atoms with van der Waals surface area (Å²) in [6.45, 7) is 6.51. The molecule has 0 atom stereocenters. The van der Waals surface area contributed by atoms with E-state index < -0.39 is 15.9 Å². The van der Waals surface area contributed by atoms with Crippen molar-refractivity contribution in [2.24, 2.45) is 5.84 Å². The van der Waals surface area contributed by atoms with Crippen molar-refractivity contribution in [3.63, 3.8) is 0 Å². The Hall–Kier alpha value is -1.48. The molecule has 122 valence electrons. The molecule has 1 aromatic rings. The van der Waals surface area contributed by atoms with E-state index in [0.29, 0.717) is 32.2 Å². The van der Waals surface area contributed by atoms with E-state index in [1.54, 1.807) is 6.07 Å². The van der Waals surface area contributed by atoms with Crippen LogP contribution < -0.4 is 11.3 Å². The molecule has 0 saturated carbocycles. The molecule has 1 heterocycles. The number of piperazine rings is 1. The zero-order valence-corrected chi connectivity index (χ0v) is 13.6. The van der Waals surface area contributed by atoms with E-state index in [1.165, 1.54) is 22.5 Å². The van der Waals surface area contributed by atoms with Crippen LogP contribution in [0.3, 0.4) is 0 Å². The minimum absolute atomic E-state index is 0.117. The lowest BCUT2D eigenvalue weighted by molar-refractivity contribution is 0.0953. The fourth-order valence-electron chi connectivity index (χ4n) is 2.49. The highest BCUT2D eigenvalue weighted by molar-refractivity contribution is 7.89. The summed E-state index contributed by atoms with van der Waals surface area (Å²) in [5.41, 5.74) is 2.23. The molecule has 1 fully saturated rings. The van der Waals surface area contributed by atoms with Gasteiger partial charge in [0.2, 0.25) is 10.0 Å². The molecule has 0 aromatic heterocycles. The average molecular weight is 326 g/mol. The molecule has 1 aliphatic heterocycles. The third-order valence-electron chi connectivity index (χ3n) is 3.87. The van der Waals surface area contributed by atoms with E-state index in [0.717, 1.165) is 0 Å². The number of amides is 1. The van der Waals surface area contributed by atoms with Crippen LogP contribution in [-0.2, 0) is 10.0 Å². The summed E-state index contributed by atoms with van der Waals surface area (Å²) in [6.07, 6.45) is 0. The van der Waals surface area contributed by atoms with Gasteiger partial charge in [-0.05, 0) is 32.0 Å². The SMILES string of the molecule is CC(C)N1CCN(S(=O)(=O)c2cccc(C(=O)NN)c2)CC1. The van der Waals surface area contributed by atoms with E-state index >= 15 is 0 Å². The van der Waals surface area contributed by atoms with Crippen molar-refractivity contribution < 1.29 is 13.2 Å². The Balaban J connectivity index is 2.19. The maximum Gasteiger partial charge on any atom is 0.265 e. The summed E-state index contributed by atoms with van der Waals surface area (Å²) >= 11 is 0. The van der Waals surface area contributed by atoms with Crippen LogP contribution in [0.5, 0.6) is 0 Å². The number of rotatable bonds is 4. The van der Waals surface area contributed by atoms with Gasteiger partial charge in [-0.2, -0.15) is 4.31 Å².